The van der Waals surface area contributed by atoms with Crippen LogP contribution in [0.4, 0.5) is 17.1 Å². The first kappa shape index (κ1) is 32.1. The number of rotatable bonds is 5. The van der Waals surface area contributed by atoms with E-state index in [0.717, 1.165) is 127 Å². The number of fused-ring (bicyclic) bond motifs is 13. The van der Waals surface area contributed by atoms with E-state index < -0.39 is 0 Å². The van der Waals surface area contributed by atoms with Gasteiger partial charge in [-0.15, -0.1) is 0 Å². The van der Waals surface area contributed by atoms with Gasteiger partial charge in [-0.25, -0.2) is 0 Å². The van der Waals surface area contributed by atoms with Crippen LogP contribution in [-0.4, -0.2) is 0 Å². The van der Waals surface area contributed by atoms with E-state index in [9.17, 15) is 0 Å². The standard InChI is InChI=1S/C54H31NO4/c1-2-12-32(13-3-1)43-28-33(22-25-36(43)44-31-45-39-16-6-10-20-48(39)58-53(45)54-52(44)42-17-7-11-21-49(42)59-54)55(34-23-26-40-37-14-4-8-18-46(37)56-50(40)29-34)35-24-27-41-38-15-5-9-19-47(38)57-51(41)30-35/h1-31H. The molecule has 0 saturated heterocycles. The highest BCUT2D eigenvalue weighted by Gasteiger charge is 2.24. The monoisotopic (exact) mass is 757 g/mol. The largest absolute Gasteiger partial charge is 0.456 e. The van der Waals surface area contributed by atoms with Gasteiger partial charge in [-0.1, -0.05) is 109 Å². The molecule has 4 heterocycles. The van der Waals surface area contributed by atoms with E-state index in [0.29, 0.717) is 0 Å². The summed E-state index contributed by atoms with van der Waals surface area (Å²) in [5.74, 6) is 0. The van der Waals surface area contributed by atoms with Crippen molar-refractivity contribution in [1.29, 1.82) is 0 Å². The Hall–Kier alpha value is -8.02. The third-order valence-corrected chi connectivity index (χ3v) is 11.9. The maximum atomic E-state index is 6.67. The third kappa shape index (κ3) is 4.79. The Kier molecular flexibility index (Phi) is 6.66. The van der Waals surface area contributed by atoms with E-state index in [1.54, 1.807) is 0 Å². The summed E-state index contributed by atoms with van der Waals surface area (Å²) in [5, 5.41) is 8.50. The van der Waals surface area contributed by atoms with Crippen molar-refractivity contribution in [2.75, 3.05) is 4.90 Å². The lowest BCUT2D eigenvalue weighted by Gasteiger charge is -2.27. The zero-order valence-electron chi connectivity index (χ0n) is 31.5. The van der Waals surface area contributed by atoms with E-state index in [1.807, 2.05) is 48.5 Å². The van der Waals surface area contributed by atoms with Gasteiger partial charge >= 0.3 is 0 Å². The summed E-state index contributed by atoms with van der Waals surface area (Å²) in [6.45, 7) is 0. The molecule has 0 amide bonds. The molecule has 0 radical (unpaired) electrons. The second kappa shape index (κ2) is 12.2. The molecule has 0 fully saturated rings. The summed E-state index contributed by atoms with van der Waals surface area (Å²) >= 11 is 0. The molecule has 0 unspecified atom stereocenters. The van der Waals surface area contributed by atoms with E-state index in [4.69, 9.17) is 17.7 Å². The fourth-order valence-corrected chi connectivity index (χ4v) is 9.20. The molecule has 0 aliphatic heterocycles. The van der Waals surface area contributed by atoms with Gasteiger partial charge in [0, 0.05) is 72.3 Å². The first-order valence-electron chi connectivity index (χ1n) is 19.8. The van der Waals surface area contributed by atoms with Crippen LogP contribution in [0.1, 0.15) is 0 Å². The summed E-state index contributed by atoms with van der Waals surface area (Å²) in [5.41, 5.74) is 13.8. The van der Waals surface area contributed by atoms with Crippen molar-refractivity contribution in [3.05, 3.63) is 188 Å². The molecule has 4 aromatic heterocycles. The summed E-state index contributed by atoms with van der Waals surface area (Å²) in [6.07, 6.45) is 0. The van der Waals surface area contributed by atoms with Crippen molar-refractivity contribution in [2.24, 2.45) is 0 Å². The van der Waals surface area contributed by atoms with Gasteiger partial charge in [-0.2, -0.15) is 0 Å². The number of para-hydroxylation sites is 4. The van der Waals surface area contributed by atoms with Gasteiger partial charge in [0.05, 0.1) is 0 Å². The Morgan fingerprint density at radius 3 is 1.36 bits per heavy atom. The molecule has 0 atom stereocenters. The normalized spacial score (nSPS) is 12.1. The number of furan rings is 4. The molecule has 0 bridgehead atoms. The van der Waals surface area contributed by atoms with Crippen LogP contribution in [0.2, 0.25) is 0 Å². The molecule has 0 saturated carbocycles. The number of benzene rings is 9. The smallest absolute Gasteiger partial charge is 0.179 e. The quantitative estimate of drug-likeness (QED) is 0.175. The second-order valence-corrected chi connectivity index (χ2v) is 15.2. The summed E-state index contributed by atoms with van der Waals surface area (Å²) < 4.78 is 26.1. The van der Waals surface area contributed by atoms with Crippen molar-refractivity contribution in [1.82, 2.24) is 0 Å². The lowest BCUT2D eigenvalue weighted by molar-refractivity contribution is 0.633. The second-order valence-electron chi connectivity index (χ2n) is 15.2. The van der Waals surface area contributed by atoms with Crippen LogP contribution >= 0.6 is 0 Å². The minimum atomic E-state index is 0.748. The van der Waals surface area contributed by atoms with Crippen molar-refractivity contribution in [2.45, 2.75) is 0 Å². The van der Waals surface area contributed by atoms with Gasteiger partial charge in [-0.3, -0.25) is 0 Å². The Morgan fingerprint density at radius 1 is 0.271 bits per heavy atom. The van der Waals surface area contributed by atoms with Crippen LogP contribution in [0, 0.1) is 0 Å². The average molecular weight is 758 g/mol. The Labute approximate surface area is 336 Å². The minimum absolute atomic E-state index is 0.748. The lowest BCUT2D eigenvalue weighted by atomic mass is 9.90. The van der Waals surface area contributed by atoms with Gasteiger partial charge in [0.1, 0.15) is 33.5 Å². The van der Waals surface area contributed by atoms with Gasteiger partial charge in [0.15, 0.2) is 11.2 Å². The Morgan fingerprint density at radius 2 is 0.729 bits per heavy atom. The average Bonchev–Trinajstić information content (AvgIpc) is 4.06. The topological polar surface area (TPSA) is 55.8 Å². The molecule has 0 N–H and O–H groups in total. The van der Waals surface area contributed by atoms with E-state index >= 15 is 0 Å². The van der Waals surface area contributed by atoms with E-state index in [2.05, 4.69) is 144 Å². The molecule has 0 aliphatic rings. The number of nitrogens with zero attached hydrogens (tertiary/aromatic N) is 1. The van der Waals surface area contributed by atoms with Crippen LogP contribution in [0.3, 0.4) is 0 Å². The van der Waals surface area contributed by atoms with Crippen molar-refractivity contribution in [3.63, 3.8) is 0 Å². The van der Waals surface area contributed by atoms with Crippen molar-refractivity contribution >= 4 is 105 Å². The Bertz CT molecular complexity index is 3690. The first-order valence-corrected chi connectivity index (χ1v) is 19.8. The zero-order valence-corrected chi connectivity index (χ0v) is 31.5. The SMILES string of the molecule is c1ccc(-c2cc(N(c3ccc4c(c3)oc3ccccc34)c3ccc4c(c3)oc3ccccc34)ccc2-c2cc3c4ccccc4oc3c3oc4ccccc4c23)cc1. The van der Waals surface area contributed by atoms with Crippen molar-refractivity contribution < 1.29 is 17.7 Å². The maximum absolute atomic E-state index is 6.67. The van der Waals surface area contributed by atoms with Crippen LogP contribution in [-0.2, 0) is 0 Å². The molecule has 13 aromatic rings. The fraction of sp³-hybridized carbons (Fsp3) is 0. The van der Waals surface area contributed by atoms with E-state index in [-0.39, 0.29) is 0 Å². The Balaban J connectivity index is 1.09. The summed E-state index contributed by atoms with van der Waals surface area (Å²) in [6, 6.07) is 65.6. The molecule has 5 nitrogen and oxygen atoms in total. The van der Waals surface area contributed by atoms with Crippen LogP contribution in [0.5, 0.6) is 0 Å². The zero-order chi connectivity index (χ0) is 38.6. The lowest BCUT2D eigenvalue weighted by Crippen LogP contribution is -2.10. The number of hydrogen-bond donors (Lipinski definition) is 0. The van der Waals surface area contributed by atoms with Gasteiger partial charge in [0.2, 0.25) is 0 Å². The van der Waals surface area contributed by atoms with Gasteiger partial charge in [-0.05, 0) is 89.0 Å². The molecule has 5 heteroatoms. The highest BCUT2D eigenvalue weighted by Crippen LogP contribution is 2.48. The van der Waals surface area contributed by atoms with Crippen LogP contribution in [0.25, 0.3) is 110 Å². The third-order valence-electron chi connectivity index (χ3n) is 11.9. The number of anilines is 3. The summed E-state index contributed by atoms with van der Waals surface area (Å²) in [4.78, 5) is 2.30. The van der Waals surface area contributed by atoms with E-state index in [1.165, 1.54) is 0 Å². The molecule has 13 rings (SSSR count). The molecular formula is C54H31NO4. The molecule has 276 valence electrons. The number of hydrogen-bond acceptors (Lipinski definition) is 5. The summed E-state index contributed by atoms with van der Waals surface area (Å²) in [7, 11) is 0. The minimum Gasteiger partial charge on any atom is -0.456 e. The van der Waals surface area contributed by atoms with Crippen LogP contribution < -0.4 is 4.90 Å². The molecule has 59 heavy (non-hydrogen) atoms. The molecule has 0 spiro atoms. The molecule has 0 aliphatic carbocycles. The predicted octanol–water partition coefficient (Wildman–Crippen LogP) is 16.1. The first-order chi connectivity index (χ1) is 29.2. The van der Waals surface area contributed by atoms with Gasteiger partial charge < -0.3 is 22.6 Å². The fourth-order valence-electron chi connectivity index (χ4n) is 9.20. The molecule has 9 aromatic carbocycles. The highest BCUT2D eigenvalue weighted by atomic mass is 16.4. The van der Waals surface area contributed by atoms with Gasteiger partial charge in [0.25, 0.3) is 0 Å². The highest BCUT2D eigenvalue weighted by molar-refractivity contribution is 6.24. The maximum Gasteiger partial charge on any atom is 0.179 e. The molecular weight excluding hydrogens is 727 g/mol. The van der Waals surface area contributed by atoms with Crippen LogP contribution in [0.15, 0.2) is 206 Å². The van der Waals surface area contributed by atoms with Crippen molar-refractivity contribution in [3.8, 4) is 22.3 Å². The predicted molar refractivity (Wildman–Crippen MR) is 241 cm³/mol.